The van der Waals surface area contributed by atoms with Gasteiger partial charge in [-0.2, -0.15) is 0 Å². The summed E-state index contributed by atoms with van der Waals surface area (Å²) in [6.45, 7) is 8.75. The molecule has 0 aliphatic carbocycles. The van der Waals surface area contributed by atoms with Crippen LogP contribution in [0.3, 0.4) is 0 Å². The van der Waals surface area contributed by atoms with Gasteiger partial charge in [0.2, 0.25) is 0 Å². The summed E-state index contributed by atoms with van der Waals surface area (Å²) in [4.78, 5) is 15.0. The van der Waals surface area contributed by atoms with Crippen LogP contribution in [0, 0.1) is 18.8 Å². The SMILES string of the molecule is Cc1cc(N)c(NC(=O)c2ccc(Br)cc2)cc1N1C[C@@H](C)C[C@H](C)C1. The largest absolute Gasteiger partial charge is 0.397 e. The van der Waals surface area contributed by atoms with E-state index < -0.39 is 0 Å². The van der Waals surface area contributed by atoms with Crippen LogP contribution in [0.1, 0.15) is 36.2 Å². The van der Waals surface area contributed by atoms with Gasteiger partial charge in [-0.05, 0) is 67.1 Å². The summed E-state index contributed by atoms with van der Waals surface area (Å²) in [5.41, 5.74) is 10.4. The van der Waals surface area contributed by atoms with Crippen LogP contribution in [0.15, 0.2) is 40.9 Å². The summed E-state index contributed by atoms with van der Waals surface area (Å²) in [6.07, 6.45) is 1.26. The van der Waals surface area contributed by atoms with Gasteiger partial charge in [0.1, 0.15) is 0 Å². The molecule has 138 valence electrons. The normalized spacial score (nSPS) is 20.1. The van der Waals surface area contributed by atoms with Crippen LogP contribution in [0.25, 0.3) is 0 Å². The van der Waals surface area contributed by atoms with E-state index in [9.17, 15) is 4.79 Å². The molecule has 1 fully saturated rings. The van der Waals surface area contributed by atoms with Gasteiger partial charge in [0.25, 0.3) is 5.91 Å². The fourth-order valence-corrected chi connectivity index (χ4v) is 4.09. The second kappa shape index (κ2) is 7.70. The topological polar surface area (TPSA) is 58.4 Å². The molecule has 1 saturated heterocycles. The number of carbonyl (C=O) groups is 1. The number of piperidine rings is 1. The van der Waals surface area contributed by atoms with Gasteiger partial charge in [0.05, 0.1) is 11.4 Å². The van der Waals surface area contributed by atoms with Crippen molar-refractivity contribution >= 4 is 38.9 Å². The standard InChI is InChI=1S/C21H26BrN3O/c1-13-8-14(2)12-25(11-13)20-10-19(18(23)9-15(20)3)24-21(26)16-4-6-17(22)7-5-16/h4-7,9-10,13-14H,8,11-12,23H2,1-3H3,(H,24,26)/t13-,14-/m0/s1. The third kappa shape index (κ3) is 4.21. The molecule has 0 radical (unpaired) electrons. The van der Waals surface area contributed by atoms with E-state index in [1.54, 1.807) is 12.1 Å². The van der Waals surface area contributed by atoms with Crippen molar-refractivity contribution in [2.24, 2.45) is 11.8 Å². The van der Waals surface area contributed by atoms with Crippen molar-refractivity contribution in [3.05, 3.63) is 52.0 Å². The van der Waals surface area contributed by atoms with Gasteiger partial charge in [-0.1, -0.05) is 29.8 Å². The molecule has 3 rings (SSSR count). The first-order valence-corrected chi connectivity index (χ1v) is 9.84. The Hall–Kier alpha value is -2.01. The fourth-order valence-electron chi connectivity index (χ4n) is 3.82. The van der Waals surface area contributed by atoms with Gasteiger partial charge in [-0.3, -0.25) is 4.79 Å². The third-order valence-corrected chi connectivity index (χ3v) is 5.46. The number of amides is 1. The van der Waals surface area contributed by atoms with Gasteiger partial charge < -0.3 is 16.0 Å². The molecule has 1 heterocycles. The Morgan fingerprint density at radius 3 is 2.38 bits per heavy atom. The fraction of sp³-hybridized carbons (Fsp3) is 0.381. The highest BCUT2D eigenvalue weighted by molar-refractivity contribution is 9.10. The molecule has 4 nitrogen and oxygen atoms in total. The number of halogens is 1. The van der Waals surface area contributed by atoms with E-state index in [1.165, 1.54) is 6.42 Å². The van der Waals surface area contributed by atoms with E-state index in [0.29, 0.717) is 28.8 Å². The van der Waals surface area contributed by atoms with E-state index >= 15 is 0 Å². The first-order chi connectivity index (χ1) is 12.3. The second-order valence-electron chi connectivity index (χ2n) is 7.54. The average Bonchev–Trinajstić information content (AvgIpc) is 2.57. The van der Waals surface area contributed by atoms with Crippen LogP contribution in [-0.2, 0) is 0 Å². The summed E-state index contributed by atoms with van der Waals surface area (Å²) in [6, 6.07) is 11.3. The maximum Gasteiger partial charge on any atom is 0.255 e. The van der Waals surface area contributed by atoms with Crippen molar-refractivity contribution in [3.63, 3.8) is 0 Å². The summed E-state index contributed by atoms with van der Waals surface area (Å²) >= 11 is 3.39. The molecule has 2 aromatic rings. The maximum absolute atomic E-state index is 12.6. The quantitative estimate of drug-likeness (QED) is 0.687. The van der Waals surface area contributed by atoms with E-state index in [4.69, 9.17) is 5.73 Å². The monoisotopic (exact) mass is 415 g/mol. The van der Waals surface area contributed by atoms with Gasteiger partial charge in [-0.25, -0.2) is 0 Å². The molecular weight excluding hydrogens is 390 g/mol. The first kappa shape index (κ1) is 18.8. The van der Waals surface area contributed by atoms with Crippen molar-refractivity contribution in [2.75, 3.05) is 29.0 Å². The minimum Gasteiger partial charge on any atom is -0.397 e. The van der Waals surface area contributed by atoms with Crippen molar-refractivity contribution in [1.82, 2.24) is 0 Å². The number of rotatable bonds is 3. The van der Waals surface area contributed by atoms with Gasteiger partial charge >= 0.3 is 0 Å². The third-order valence-electron chi connectivity index (χ3n) is 4.93. The number of anilines is 3. The molecule has 0 unspecified atom stereocenters. The Balaban J connectivity index is 1.86. The molecule has 2 aromatic carbocycles. The van der Waals surface area contributed by atoms with Crippen LogP contribution < -0.4 is 16.0 Å². The highest BCUT2D eigenvalue weighted by Crippen LogP contribution is 2.33. The van der Waals surface area contributed by atoms with E-state index in [0.717, 1.165) is 28.8 Å². The zero-order valence-corrected chi connectivity index (χ0v) is 17.1. The molecule has 0 aromatic heterocycles. The predicted molar refractivity (Wildman–Crippen MR) is 113 cm³/mol. The number of aryl methyl sites for hydroxylation is 1. The van der Waals surface area contributed by atoms with Crippen LogP contribution in [0.4, 0.5) is 17.1 Å². The molecule has 0 bridgehead atoms. The molecule has 0 spiro atoms. The Morgan fingerprint density at radius 2 is 1.77 bits per heavy atom. The lowest BCUT2D eigenvalue weighted by molar-refractivity contribution is 0.102. The van der Waals surface area contributed by atoms with Crippen LogP contribution in [0.5, 0.6) is 0 Å². The highest BCUT2D eigenvalue weighted by Gasteiger charge is 2.24. The number of nitrogen functional groups attached to an aromatic ring is 1. The van der Waals surface area contributed by atoms with Gasteiger partial charge in [0, 0.05) is 28.8 Å². The second-order valence-corrected chi connectivity index (χ2v) is 8.45. The highest BCUT2D eigenvalue weighted by atomic mass is 79.9. The molecular formula is C21H26BrN3O. The Bertz CT molecular complexity index is 794. The number of hydrogen-bond acceptors (Lipinski definition) is 3. The summed E-state index contributed by atoms with van der Waals surface area (Å²) < 4.78 is 0.944. The zero-order chi connectivity index (χ0) is 18.8. The lowest BCUT2D eigenvalue weighted by Gasteiger charge is -2.37. The molecule has 1 aliphatic heterocycles. The van der Waals surface area contributed by atoms with Crippen LogP contribution in [0.2, 0.25) is 0 Å². The van der Waals surface area contributed by atoms with E-state index in [1.807, 2.05) is 24.3 Å². The first-order valence-electron chi connectivity index (χ1n) is 9.05. The lowest BCUT2D eigenvalue weighted by Crippen LogP contribution is -2.39. The van der Waals surface area contributed by atoms with Gasteiger partial charge in [-0.15, -0.1) is 0 Å². The Labute approximate surface area is 163 Å². The number of hydrogen-bond donors (Lipinski definition) is 2. The van der Waals surface area contributed by atoms with Crippen molar-refractivity contribution in [1.29, 1.82) is 0 Å². The summed E-state index contributed by atoms with van der Waals surface area (Å²) in [7, 11) is 0. The van der Waals surface area contributed by atoms with Crippen LogP contribution >= 0.6 is 15.9 Å². The van der Waals surface area contributed by atoms with Crippen LogP contribution in [-0.4, -0.2) is 19.0 Å². The smallest absolute Gasteiger partial charge is 0.255 e. The molecule has 1 amide bonds. The number of nitrogens with zero attached hydrogens (tertiary/aromatic N) is 1. The Morgan fingerprint density at radius 1 is 1.15 bits per heavy atom. The number of nitrogens with one attached hydrogen (secondary N) is 1. The molecule has 2 atom stereocenters. The van der Waals surface area contributed by atoms with Crippen molar-refractivity contribution in [2.45, 2.75) is 27.2 Å². The molecule has 1 aliphatic rings. The average molecular weight is 416 g/mol. The molecule has 5 heteroatoms. The minimum absolute atomic E-state index is 0.153. The lowest BCUT2D eigenvalue weighted by atomic mass is 9.91. The molecule has 3 N–H and O–H groups in total. The number of carbonyl (C=O) groups excluding carboxylic acids is 1. The number of benzene rings is 2. The Kier molecular flexibility index (Phi) is 5.56. The number of nitrogens with two attached hydrogens (primary N) is 1. The minimum atomic E-state index is -0.153. The zero-order valence-electron chi connectivity index (χ0n) is 15.6. The van der Waals surface area contributed by atoms with Gasteiger partial charge in [0.15, 0.2) is 0 Å². The van der Waals surface area contributed by atoms with Crippen molar-refractivity contribution in [3.8, 4) is 0 Å². The summed E-state index contributed by atoms with van der Waals surface area (Å²) in [5, 5.41) is 2.97. The maximum atomic E-state index is 12.6. The van der Waals surface area contributed by atoms with Crippen molar-refractivity contribution < 1.29 is 4.79 Å². The van der Waals surface area contributed by atoms with E-state index in [2.05, 4.69) is 46.9 Å². The molecule has 0 saturated carbocycles. The summed E-state index contributed by atoms with van der Waals surface area (Å²) in [5.74, 6) is 1.17. The van der Waals surface area contributed by atoms with E-state index in [-0.39, 0.29) is 5.91 Å². The molecule has 26 heavy (non-hydrogen) atoms. The predicted octanol–water partition coefficient (Wildman–Crippen LogP) is 5.07.